The van der Waals surface area contributed by atoms with Crippen molar-refractivity contribution >= 4 is 28.8 Å². The predicted molar refractivity (Wildman–Crippen MR) is 143 cm³/mol. The average molecular weight is 572 g/mol. The van der Waals surface area contributed by atoms with Crippen LogP contribution in [-0.4, -0.2) is 39.8 Å². The van der Waals surface area contributed by atoms with Crippen molar-refractivity contribution in [1.82, 2.24) is 20.2 Å². The lowest BCUT2D eigenvalue weighted by Crippen LogP contribution is -2.38. The fraction of sp³-hybridized carbons (Fsp3) is 0.276. The summed E-state index contributed by atoms with van der Waals surface area (Å²) in [5.74, 6) is -2.62. The normalized spacial score (nSPS) is 15.9. The largest absolute Gasteiger partial charge is 0.459 e. The van der Waals surface area contributed by atoms with Crippen LogP contribution < -0.4 is 11.1 Å². The number of piperidine rings is 1. The van der Waals surface area contributed by atoms with Crippen molar-refractivity contribution in [1.29, 1.82) is 0 Å². The van der Waals surface area contributed by atoms with Crippen molar-refractivity contribution in [3.05, 3.63) is 83.4 Å². The molecule has 4 heterocycles. The highest BCUT2D eigenvalue weighted by Gasteiger charge is 2.36. The minimum atomic E-state index is -4.70. The number of rotatable bonds is 7. The number of halogens is 5. The van der Waals surface area contributed by atoms with Crippen LogP contribution in [0.1, 0.15) is 35.3 Å². The molecule has 1 saturated heterocycles. The van der Waals surface area contributed by atoms with Gasteiger partial charge in [0.25, 0.3) is 5.92 Å². The monoisotopic (exact) mass is 571 g/mol. The van der Waals surface area contributed by atoms with Crippen LogP contribution in [0.4, 0.5) is 27.8 Å². The number of hydrogen-bond acceptors (Lipinski definition) is 6. The summed E-state index contributed by atoms with van der Waals surface area (Å²) in [4.78, 5) is 22.4. The Hall–Kier alpha value is -4.32. The Kier molecular flexibility index (Phi) is 7.76. The van der Waals surface area contributed by atoms with Gasteiger partial charge in [-0.1, -0.05) is 6.07 Å². The Bertz CT molecular complexity index is 1550. The fourth-order valence-electron chi connectivity index (χ4n) is 4.56. The van der Waals surface area contributed by atoms with E-state index >= 15 is 0 Å². The maximum absolute atomic E-state index is 14.0. The number of alkyl halides is 5. The number of likely N-dealkylation sites (tertiary alicyclic amines) is 1. The number of nitrogens with zero attached hydrogens (tertiary/aromatic N) is 3. The van der Waals surface area contributed by atoms with Gasteiger partial charge in [-0.3, -0.25) is 14.7 Å². The van der Waals surface area contributed by atoms with Crippen LogP contribution in [-0.2, 0) is 24.1 Å². The Morgan fingerprint density at radius 3 is 2.51 bits per heavy atom. The molecule has 0 radical (unpaired) electrons. The molecular formula is C29H26F5N5O2. The molecule has 1 aliphatic rings. The van der Waals surface area contributed by atoms with Crippen molar-refractivity contribution in [2.24, 2.45) is 0 Å². The summed E-state index contributed by atoms with van der Waals surface area (Å²) in [6, 6.07) is 10.6. The highest BCUT2D eigenvalue weighted by Crippen LogP contribution is 2.39. The summed E-state index contributed by atoms with van der Waals surface area (Å²) < 4.78 is 74.2. The maximum Gasteiger partial charge on any atom is 0.420 e. The number of fused-ring (bicyclic) bond motifs is 1. The number of carbonyl (C=O) groups excluding carboxylic acids is 1. The Morgan fingerprint density at radius 2 is 1.85 bits per heavy atom. The first-order valence-corrected chi connectivity index (χ1v) is 12.8. The molecule has 0 unspecified atom stereocenters. The van der Waals surface area contributed by atoms with Gasteiger partial charge in [0.1, 0.15) is 17.2 Å². The second-order valence-electron chi connectivity index (χ2n) is 9.90. The minimum Gasteiger partial charge on any atom is -0.459 e. The number of benzene rings is 1. The SMILES string of the molecule is Nc1ccc(/C=C/C(=O)NCc2cc3cc(-c4ccc(CN5CCC(F)(F)CC5)cn4)cc(C(F)(F)F)c3o2)cn1. The van der Waals surface area contributed by atoms with E-state index in [1.807, 2.05) is 4.90 Å². The van der Waals surface area contributed by atoms with Gasteiger partial charge >= 0.3 is 6.18 Å². The lowest BCUT2D eigenvalue weighted by atomic mass is 10.0. The Morgan fingerprint density at radius 1 is 1.07 bits per heavy atom. The molecule has 214 valence electrons. The molecule has 1 amide bonds. The van der Waals surface area contributed by atoms with Crippen LogP contribution in [0.5, 0.6) is 0 Å². The zero-order valence-electron chi connectivity index (χ0n) is 21.7. The quantitative estimate of drug-likeness (QED) is 0.207. The van der Waals surface area contributed by atoms with Crippen LogP contribution in [0, 0.1) is 0 Å². The van der Waals surface area contributed by atoms with Gasteiger partial charge < -0.3 is 15.5 Å². The van der Waals surface area contributed by atoms with Gasteiger partial charge in [-0.15, -0.1) is 0 Å². The first-order chi connectivity index (χ1) is 19.4. The molecule has 7 nitrogen and oxygen atoms in total. The van der Waals surface area contributed by atoms with Gasteiger partial charge in [-0.05, 0) is 53.6 Å². The molecular weight excluding hydrogens is 545 g/mol. The third-order valence-corrected chi connectivity index (χ3v) is 6.76. The molecule has 3 N–H and O–H groups in total. The molecule has 0 saturated carbocycles. The van der Waals surface area contributed by atoms with Gasteiger partial charge in [-0.2, -0.15) is 13.2 Å². The number of furan rings is 1. The van der Waals surface area contributed by atoms with Gasteiger partial charge in [0, 0.05) is 61.9 Å². The van der Waals surface area contributed by atoms with Gasteiger partial charge in [-0.25, -0.2) is 13.8 Å². The standard InChI is InChI=1S/C29H26F5N5O2/c30-28(31)7-9-39(10-8-28)17-19-1-4-24(36-15-19)20-11-21-12-22(41-27(21)23(13-20)29(32,33)34)16-38-26(40)6-3-18-2-5-25(35)37-14-18/h1-6,11-15H,7-10,16-17H2,(H2,35,37)(H,38,40)/b6-3+. The van der Waals surface area contributed by atoms with E-state index in [2.05, 4.69) is 15.3 Å². The van der Waals surface area contributed by atoms with E-state index in [0.29, 0.717) is 23.6 Å². The molecule has 0 bridgehead atoms. The molecule has 4 aromatic rings. The van der Waals surface area contributed by atoms with Gasteiger partial charge in [0.05, 0.1) is 17.8 Å². The van der Waals surface area contributed by atoms with Crippen LogP contribution in [0.3, 0.4) is 0 Å². The number of nitrogens with one attached hydrogen (secondary N) is 1. The molecule has 12 heteroatoms. The summed E-state index contributed by atoms with van der Waals surface area (Å²) in [5, 5.41) is 2.80. The summed E-state index contributed by atoms with van der Waals surface area (Å²) in [6.45, 7) is 0.832. The number of pyridine rings is 2. The van der Waals surface area contributed by atoms with Crippen molar-refractivity contribution < 1.29 is 31.2 Å². The molecule has 1 aliphatic heterocycles. The van der Waals surface area contributed by atoms with E-state index in [4.69, 9.17) is 10.2 Å². The summed E-state index contributed by atoms with van der Waals surface area (Å²) in [6.07, 6.45) is 0.737. The topological polar surface area (TPSA) is 97.3 Å². The second kappa shape index (κ2) is 11.3. The molecule has 0 aliphatic carbocycles. The van der Waals surface area contributed by atoms with E-state index in [1.165, 1.54) is 24.4 Å². The number of anilines is 1. The van der Waals surface area contributed by atoms with Crippen LogP contribution in [0.25, 0.3) is 28.3 Å². The highest BCUT2D eigenvalue weighted by molar-refractivity contribution is 5.92. The third kappa shape index (κ3) is 7.07. The molecule has 41 heavy (non-hydrogen) atoms. The van der Waals surface area contributed by atoms with Crippen LogP contribution in [0.15, 0.2) is 65.4 Å². The molecule has 0 atom stereocenters. The number of nitrogen functional groups attached to an aromatic ring is 1. The van der Waals surface area contributed by atoms with Gasteiger partial charge in [0.15, 0.2) is 0 Å². The first kappa shape index (κ1) is 28.2. The van der Waals surface area contributed by atoms with E-state index in [1.54, 1.807) is 36.5 Å². The van der Waals surface area contributed by atoms with E-state index < -0.39 is 23.6 Å². The number of amides is 1. The zero-order chi connectivity index (χ0) is 29.2. The zero-order valence-corrected chi connectivity index (χ0v) is 21.7. The highest BCUT2D eigenvalue weighted by atomic mass is 19.4. The van der Waals surface area contributed by atoms with Crippen molar-refractivity contribution in [3.63, 3.8) is 0 Å². The van der Waals surface area contributed by atoms with E-state index in [9.17, 15) is 26.7 Å². The minimum absolute atomic E-state index is 0.125. The predicted octanol–water partition coefficient (Wildman–Crippen LogP) is 6.05. The molecule has 1 aromatic carbocycles. The van der Waals surface area contributed by atoms with E-state index in [-0.39, 0.29) is 54.8 Å². The average Bonchev–Trinajstić information content (AvgIpc) is 3.35. The molecule has 3 aromatic heterocycles. The Balaban J connectivity index is 1.30. The number of nitrogens with two attached hydrogens (primary N) is 1. The number of carbonyl (C=O) groups is 1. The summed E-state index contributed by atoms with van der Waals surface area (Å²) in [5.41, 5.74) is 6.22. The van der Waals surface area contributed by atoms with Crippen LogP contribution >= 0.6 is 0 Å². The third-order valence-electron chi connectivity index (χ3n) is 6.76. The lowest BCUT2D eigenvalue weighted by molar-refractivity contribution is -0.136. The van der Waals surface area contributed by atoms with Crippen molar-refractivity contribution in [3.8, 4) is 11.3 Å². The number of hydrogen-bond donors (Lipinski definition) is 2. The fourth-order valence-corrected chi connectivity index (χ4v) is 4.56. The first-order valence-electron chi connectivity index (χ1n) is 12.8. The molecule has 0 spiro atoms. The van der Waals surface area contributed by atoms with Crippen molar-refractivity contribution in [2.45, 2.75) is 38.0 Å². The lowest BCUT2D eigenvalue weighted by Gasteiger charge is -2.31. The molecule has 5 rings (SSSR count). The molecule has 1 fully saturated rings. The number of aromatic nitrogens is 2. The van der Waals surface area contributed by atoms with E-state index in [0.717, 1.165) is 11.6 Å². The van der Waals surface area contributed by atoms with Gasteiger partial charge in [0.2, 0.25) is 5.91 Å². The van der Waals surface area contributed by atoms with Crippen molar-refractivity contribution in [2.75, 3.05) is 18.8 Å². The summed E-state index contributed by atoms with van der Waals surface area (Å²) >= 11 is 0. The maximum atomic E-state index is 14.0. The summed E-state index contributed by atoms with van der Waals surface area (Å²) in [7, 11) is 0. The Labute approximate surface area is 231 Å². The van der Waals surface area contributed by atoms with Crippen LogP contribution in [0.2, 0.25) is 0 Å². The smallest absolute Gasteiger partial charge is 0.420 e. The second-order valence-corrected chi connectivity index (χ2v) is 9.90.